The lowest BCUT2D eigenvalue weighted by molar-refractivity contribution is 0.333. The molecule has 1 aromatic rings. The summed E-state index contributed by atoms with van der Waals surface area (Å²) in [6.07, 6.45) is 1.97. The lowest BCUT2D eigenvalue weighted by Crippen LogP contribution is -2.19. The maximum absolute atomic E-state index is 6.36. The van der Waals surface area contributed by atoms with Crippen LogP contribution in [0.2, 0.25) is 5.02 Å². The van der Waals surface area contributed by atoms with E-state index >= 15 is 0 Å². The highest BCUT2D eigenvalue weighted by atomic mass is 35.5. The molecule has 19 heavy (non-hydrogen) atoms. The first kappa shape index (κ1) is 16.3. The summed E-state index contributed by atoms with van der Waals surface area (Å²) in [7, 11) is 0. The number of hydrogen-bond acceptors (Lipinski definition) is 2. The van der Waals surface area contributed by atoms with E-state index in [4.69, 9.17) is 22.1 Å². The molecule has 0 saturated heterocycles. The van der Waals surface area contributed by atoms with E-state index in [0.29, 0.717) is 12.5 Å². The Bertz CT molecular complexity index is 429. The van der Waals surface area contributed by atoms with Crippen LogP contribution >= 0.6 is 11.6 Å². The molecule has 0 aliphatic heterocycles. The minimum atomic E-state index is 0.228. The van der Waals surface area contributed by atoms with Crippen molar-refractivity contribution in [2.45, 2.75) is 53.5 Å². The third-order valence-corrected chi connectivity index (χ3v) is 3.98. The molecule has 0 fully saturated rings. The van der Waals surface area contributed by atoms with Gasteiger partial charge in [-0.15, -0.1) is 0 Å². The number of aryl methyl sites for hydroxylation is 1. The van der Waals surface area contributed by atoms with Crippen LogP contribution in [-0.4, -0.2) is 12.6 Å². The van der Waals surface area contributed by atoms with E-state index in [0.717, 1.165) is 34.7 Å². The third-order valence-electron chi connectivity index (χ3n) is 3.40. The van der Waals surface area contributed by atoms with Crippen molar-refractivity contribution >= 4 is 11.6 Å². The van der Waals surface area contributed by atoms with Gasteiger partial charge in [0, 0.05) is 11.1 Å². The Kier molecular flexibility index (Phi) is 6.15. The first-order valence-electron chi connectivity index (χ1n) is 7.03. The first-order chi connectivity index (χ1) is 8.86. The second kappa shape index (κ2) is 7.16. The lowest BCUT2D eigenvalue weighted by Gasteiger charge is -2.20. The smallest absolute Gasteiger partial charge is 0.123 e. The molecule has 3 heteroatoms. The molecular weight excluding hydrogens is 258 g/mol. The molecule has 0 amide bonds. The van der Waals surface area contributed by atoms with Crippen LogP contribution in [0.25, 0.3) is 0 Å². The van der Waals surface area contributed by atoms with Crippen molar-refractivity contribution in [3.05, 3.63) is 27.8 Å². The normalized spacial score (nSPS) is 14.3. The van der Waals surface area contributed by atoms with Gasteiger partial charge in [-0.3, -0.25) is 0 Å². The Labute approximate surface area is 122 Å². The molecule has 0 saturated carbocycles. The number of hydrogen-bond donors (Lipinski definition) is 1. The molecule has 1 rings (SSSR count). The lowest BCUT2D eigenvalue weighted by atomic mass is 9.91. The van der Waals surface area contributed by atoms with E-state index in [1.807, 2.05) is 19.9 Å². The van der Waals surface area contributed by atoms with Gasteiger partial charge in [-0.25, -0.2) is 0 Å². The van der Waals surface area contributed by atoms with Crippen LogP contribution in [0.1, 0.15) is 43.9 Å². The average molecular weight is 284 g/mol. The minimum Gasteiger partial charge on any atom is -0.494 e. The zero-order valence-corrected chi connectivity index (χ0v) is 13.5. The van der Waals surface area contributed by atoms with Gasteiger partial charge in [-0.2, -0.15) is 0 Å². The minimum absolute atomic E-state index is 0.228. The molecule has 2 N–H and O–H groups in total. The second-order valence-corrected chi connectivity index (χ2v) is 5.94. The molecular formula is C16H26ClNO. The maximum Gasteiger partial charge on any atom is 0.123 e. The van der Waals surface area contributed by atoms with Crippen LogP contribution in [-0.2, 0) is 6.42 Å². The van der Waals surface area contributed by atoms with E-state index in [9.17, 15) is 0 Å². The summed E-state index contributed by atoms with van der Waals surface area (Å²) in [5, 5.41) is 0.853. The number of halogens is 1. The van der Waals surface area contributed by atoms with Crippen LogP contribution in [0.5, 0.6) is 5.75 Å². The van der Waals surface area contributed by atoms with Gasteiger partial charge in [0.15, 0.2) is 0 Å². The summed E-state index contributed by atoms with van der Waals surface area (Å²) >= 11 is 6.36. The van der Waals surface area contributed by atoms with Gasteiger partial charge >= 0.3 is 0 Å². The summed E-state index contributed by atoms with van der Waals surface area (Å²) in [5.41, 5.74) is 9.32. The first-order valence-corrected chi connectivity index (χ1v) is 7.41. The van der Waals surface area contributed by atoms with Crippen molar-refractivity contribution in [3.63, 3.8) is 0 Å². The van der Waals surface area contributed by atoms with Gasteiger partial charge in [0.2, 0.25) is 0 Å². The van der Waals surface area contributed by atoms with Gasteiger partial charge in [0.25, 0.3) is 0 Å². The summed E-state index contributed by atoms with van der Waals surface area (Å²) in [4.78, 5) is 0. The van der Waals surface area contributed by atoms with Crippen LogP contribution in [0, 0.1) is 19.8 Å². The summed E-state index contributed by atoms with van der Waals surface area (Å²) < 4.78 is 5.77. The molecule has 2 atom stereocenters. The SMILES string of the molecule is CCOc1cc(C)c(Cl)c(C)c1CC(C)CC(C)N. The Hall–Kier alpha value is -0.730. The third kappa shape index (κ3) is 4.39. The Morgan fingerprint density at radius 1 is 1.32 bits per heavy atom. The Morgan fingerprint density at radius 2 is 1.95 bits per heavy atom. The van der Waals surface area contributed by atoms with Crippen molar-refractivity contribution in [1.29, 1.82) is 0 Å². The summed E-state index contributed by atoms with van der Waals surface area (Å²) in [5.74, 6) is 1.50. The van der Waals surface area contributed by atoms with Crippen molar-refractivity contribution in [1.82, 2.24) is 0 Å². The van der Waals surface area contributed by atoms with Gasteiger partial charge in [-0.1, -0.05) is 18.5 Å². The summed E-state index contributed by atoms with van der Waals surface area (Å²) in [6, 6.07) is 2.28. The van der Waals surface area contributed by atoms with E-state index in [2.05, 4.69) is 20.8 Å². The fourth-order valence-corrected chi connectivity index (χ4v) is 2.73. The van der Waals surface area contributed by atoms with E-state index in [1.54, 1.807) is 0 Å². The fraction of sp³-hybridized carbons (Fsp3) is 0.625. The fourth-order valence-electron chi connectivity index (χ4n) is 2.56. The van der Waals surface area contributed by atoms with Crippen LogP contribution < -0.4 is 10.5 Å². The van der Waals surface area contributed by atoms with Gasteiger partial charge in [0.1, 0.15) is 5.75 Å². The molecule has 0 aromatic heterocycles. The average Bonchev–Trinajstić information content (AvgIpc) is 2.31. The highest BCUT2D eigenvalue weighted by Gasteiger charge is 2.16. The quantitative estimate of drug-likeness (QED) is 0.846. The summed E-state index contributed by atoms with van der Waals surface area (Å²) in [6.45, 7) is 11.1. The van der Waals surface area contributed by atoms with Crippen molar-refractivity contribution < 1.29 is 4.74 Å². The van der Waals surface area contributed by atoms with Crippen LogP contribution in [0.15, 0.2) is 6.07 Å². The molecule has 108 valence electrons. The molecule has 0 aliphatic rings. The number of benzene rings is 1. The van der Waals surface area contributed by atoms with Crippen molar-refractivity contribution in [2.75, 3.05) is 6.61 Å². The highest BCUT2D eigenvalue weighted by Crippen LogP contribution is 2.33. The molecule has 0 spiro atoms. The second-order valence-electron chi connectivity index (χ2n) is 5.56. The highest BCUT2D eigenvalue weighted by molar-refractivity contribution is 6.32. The molecule has 1 aromatic carbocycles. The monoisotopic (exact) mass is 283 g/mol. The van der Waals surface area contributed by atoms with E-state index in [-0.39, 0.29) is 6.04 Å². The van der Waals surface area contributed by atoms with Gasteiger partial charge < -0.3 is 10.5 Å². The number of rotatable bonds is 6. The number of ether oxygens (including phenoxy) is 1. The van der Waals surface area contributed by atoms with Crippen molar-refractivity contribution in [3.8, 4) is 5.75 Å². The molecule has 2 unspecified atom stereocenters. The Morgan fingerprint density at radius 3 is 2.47 bits per heavy atom. The van der Waals surface area contributed by atoms with Crippen molar-refractivity contribution in [2.24, 2.45) is 11.7 Å². The van der Waals surface area contributed by atoms with E-state index in [1.165, 1.54) is 5.56 Å². The Balaban J connectivity index is 3.06. The van der Waals surface area contributed by atoms with Gasteiger partial charge in [-0.05, 0) is 69.2 Å². The molecule has 0 aliphatic carbocycles. The molecule has 0 heterocycles. The largest absolute Gasteiger partial charge is 0.494 e. The predicted octanol–water partition coefficient (Wildman–Crippen LogP) is 4.27. The van der Waals surface area contributed by atoms with Crippen LogP contribution in [0.4, 0.5) is 0 Å². The zero-order valence-electron chi connectivity index (χ0n) is 12.7. The molecule has 0 radical (unpaired) electrons. The van der Waals surface area contributed by atoms with E-state index < -0.39 is 0 Å². The zero-order chi connectivity index (χ0) is 14.6. The standard InChI is InChI=1S/C16H26ClNO/c1-6-19-15-9-11(3)16(17)13(5)14(15)8-10(2)7-12(4)18/h9-10,12H,6-8,18H2,1-5H3. The molecule has 2 nitrogen and oxygen atoms in total. The van der Waals surface area contributed by atoms with Crippen LogP contribution in [0.3, 0.4) is 0 Å². The number of nitrogens with two attached hydrogens (primary N) is 1. The molecule has 0 bridgehead atoms. The van der Waals surface area contributed by atoms with Gasteiger partial charge in [0.05, 0.1) is 6.61 Å². The topological polar surface area (TPSA) is 35.2 Å². The predicted molar refractivity (Wildman–Crippen MR) is 83.2 cm³/mol. The maximum atomic E-state index is 6.36.